The van der Waals surface area contributed by atoms with Crippen molar-refractivity contribution in [3.8, 4) is 0 Å². The molecule has 0 unspecified atom stereocenters. The fourth-order valence-corrected chi connectivity index (χ4v) is 2.24. The Hall–Kier alpha value is -1.43. The number of allylic oxidation sites excluding steroid dienone is 1. The number of aromatic nitrogens is 2. The Balaban J connectivity index is 2.15. The summed E-state index contributed by atoms with van der Waals surface area (Å²) in [6, 6.07) is -0.00342. The largest absolute Gasteiger partial charge is 0.326 e. The number of likely N-dealkylation sites (N-methyl/N-ethyl adjacent to an activating group) is 1. The molecule has 0 radical (unpaired) electrons. The van der Waals surface area contributed by atoms with Crippen LogP contribution >= 0.6 is 11.3 Å². The van der Waals surface area contributed by atoms with Gasteiger partial charge in [-0.25, -0.2) is 4.79 Å². The number of carbonyl (C=O) groups is 1. The minimum Gasteiger partial charge on any atom is -0.326 e. The molecule has 5 nitrogen and oxygen atoms in total. The number of carbonyl (C=O) groups excluding carboxylic acids is 1. The van der Waals surface area contributed by atoms with Gasteiger partial charge in [0.1, 0.15) is 5.01 Å². The fourth-order valence-electron chi connectivity index (χ4n) is 1.38. The SMILES string of the molecule is C=CCc1nnc(N2CCN(C)C2=O)s1. The van der Waals surface area contributed by atoms with Crippen LogP contribution in [-0.2, 0) is 6.42 Å². The first kappa shape index (κ1) is 10.1. The van der Waals surface area contributed by atoms with Gasteiger partial charge in [0.15, 0.2) is 0 Å². The number of rotatable bonds is 3. The lowest BCUT2D eigenvalue weighted by molar-refractivity contribution is 0.229. The minimum atomic E-state index is -0.00342. The van der Waals surface area contributed by atoms with E-state index >= 15 is 0 Å². The Morgan fingerprint density at radius 3 is 2.93 bits per heavy atom. The van der Waals surface area contributed by atoms with Crippen molar-refractivity contribution >= 4 is 22.5 Å². The van der Waals surface area contributed by atoms with Gasteiger partial charge in [0, 0.05) is 26.6 Å². The van der Waals surface area contributed by atoms with E-state index < -0.39 is 0 Å². The van der Waals surface area contributed by atoms with Crippen molar-refractivity contribution in [1.29, 1.82) is 0 Å². The smallest absolute Gasteiger partial charge is 0.326 e. The van der Waals surface area contributed by atoms with Crippen molar-refractivity contribution in [3.63, 3.8) is 0 Å². The first-order valence-electron chi connectivity index (χ1n) is 4.68. The molecule has 0 N–H and O–H groups in total. The molecule has 1 aliphatic rings. The lowest BCUT2D eigenvalue weighted by Gasteiger charge is -2.10. The molecule has 0 saturated carbocycles. The van der Waals surface area contributed by atoms with Gasteiger partial charge in [0.2, 0.25) is 5.13 Å². The molecule has 15 heavy (non-hydrogen) atoms. The van der Waals surface area contributed by atoms with Gasteiger partial charge in [-0.2, -0.15) is 0 Å². The minimum absolute atomic E-state index is 0.00342. The Morgan fingerprint density at radius 2 is 2.33 bits per heavy atom. The van der Waals surface area contributed by atoms with E-state index in [4.69, 9.17) is 0 Å². The summed E-state index contributed by atoms with van der Waals surface area (Å²) in [6.45, 7) is 5.08. The Morgan fingerprint density at radius 1 is 1.53 bits per heavy atom. The molecule has 0 aromatic carbocycles. The zero-order valence-electron chi connectivity index (χ0n) is 8.51. The highest BCUT2D eigenvalue weighted by molar-refractivity contribution is 7.15. The van der Waals surface area contributed by atoms with Crippen LogP contribution in [-0.4, -0.2) is 41.3 Å². The third-order valence-electron chi connectivity index (χ3n) is 2.22. The van der Waals surface area contributed by atoms with Crippen LogP contribution in [0.1, 0.15) is 5.01 Å². The Kier molecular flexibility index (Phi) is 2.68. The van der Waals surface area contributed by atoms with Gasteiger partial charge in [0.05, 0.1) is 0 Å². The highest BCUT2D eigenvalue weighted by Gasteiger charge is 2.28. The van der Waals surface area contributed by atoms with E-state index in [9.17, 15) is 4.79 Å². The molecule has 2 amide bonds. The summed E-state index contributed by atoms with van der Waals surface area (Å²) < 4.78 is 0. The quantitative estimate of drug-likeness (QED) is 0.723. The highest BCUT2D eigenvalue weighted by Crippen LogP contribution is 2.23. The molecule has 80 valence electrons. The number of amides is 2. The molecule has 0 bridgehead atoms. The zero-order valence-corrected chi connectivity index (χ0v) is 9.33. The van der Waals surface area contributed by atoms with Crippen LogP contribution in [0.4, 0.5) is 9.93 Å². The number of anilines is 1. The van der Waals surface area contributed by atoms with Crippen LogP contribution < -0.4 is 4.90 Å². The molecule has 6 heteroatoms. The molecule has 1 aromatic heterocycles. The lowest BCUT2D eigenvalue weighted by Crippen LogP contribution is -2.29. The van der Waals surface area contributed by atoms with E-state index in [2.05, 4.69) is 16.8 Å². The highest BCUT2D eigenvalue weighted by atomic mass is 32.1. The molecule has 2 rings (SSSR count). The Labute approximate surface area is 92.0 Å². The maximum Gasteiger partial charge on any atom is 0.326 e. The number of urea groups is 1. The van der Waals surface area contributed by atoms with Gasteiger partial charge >= 0.3 is 6.03 Å². The molecule has 1 aliphatic heterocycles. The second-order valence-electron chi connectivity index (χ2n) is 3.33. The number of hydrogen-bond donors (Lipinski definition) is 0. The second kappa shape index (κ2) is 3.98. The lowest BCUT2D eigenvalue weighted by atomic mass is 10.5. The Bertz CT molecular complexity index is 389. The summed E-state index contributed by atoms with van der Waals surface area (Å²) in [4.78, 5) is 15.0. The predicted octanol–water partition coefficient (Wildman–Crippen LogP) is 1.14. The molecule has 1 fully saturated rings. The first-order valence-corrected chi connectivity index (χ1v) is 5.50. The van der Waals surface area contributed by atoms with Gasteiger partial charge in [0.25, 0.3) is 0 Å². The van der Waals surface area contributed by atoms with Crippen molar-refractivity contribution in [2.75, 3.05) is 25.0 Å². The third-order valence-corrected chi connectivity index (χ3v) is 3.19. The molecule has 0 atom stereocenters. The van der Waals surface area contributed by atoms with Gasteiger partial charge in [-0.1, -0.05) is 17.4 Å². The monoisotopic (exact) mass is 224 g/mol. The second-order valence-corrected chi connectivity index (χ2v) is 4.37. The summed E-state index contributed by atoms with van der Waals surface area (Å²) in [7, 11) is 1.79. The average molecular weight is 224 g/mol. The maximum absolute atomic E-state index is 11.6. The van der Waals surface area contributed by atoms with E-state index in [1.165, 1.54) is 11.3 Å². The summed E-state index contributed by atoms with van der Waals surface area (Å²) in [5.41, 5.74) is 0. The van der Waals surface area contributed by atoms with Crippen LogP contribution in [0, 0.1) is 0 Å². The maximum atomic E-state index is 11.6. The third kappa shape index (κ3) is 1.85. The van der Waals surface area contributed by atoms with Crippen molar-refractivity contribution in [2.45, 2.75) is 6.42 Å². The van der Waals surface area contributed by atoms with Crippen molar-refractivity contribution < 1.29 is 4.79 Å². The van der Waals surface area contributed by atoms with E-state index in [1.54, 1.807) is 22.9 Å². The van der Waals surface area contributed by atoms with Gasteiger partial charge < -0.3 is 4.90 Å². The molecular formula is C9H12N4OS. The standard InChI is InChI=1S/C9H12N4OS/c1-3-4-7-10-11-8(15-7)13-6-5-12(2)9(13)14/h3H,1,4-6H2,2H3. The van der Waals surface area contributed by atoms with E-state index in [0.717, 1.165) is 11.6 Å². The van der Waals surface area contributed by atoms with E-state index in [0.29, 0.717) is 18.1 Å². The molecule has 0 spiro atoms. The van der Waals surface area contributed by atoms with Gasteiger partial charge in [-0.3, -0.25) is 4.90 Å². The van der Waals surface area contributed by atoms with Crippen molar-refractivity contribution in [2.24, 2.45) is 0 Å². The van der Waals surface area contributed by atoms with Gasteiger partial charge in [-0.05, 0) is 0 Å². The van der Waals surface area contributed by atoms with Crippen LogP contribution in [0.5, 0.6) is 0 Å². The molecule has 0 aliphatic carbocycles. The molecule has 2 heterocycles. The van der Waals surface area contributed by atoms with Crippen LogP contribution in [0.25, 0.3) is 0 Å². The topological polar surface area (TPSA) is 49.3 Å². The first-order chi connectivity index (χ1) is 7.22. The summed E-state index contributed by atoms with van der Waals surface area (Å²) in [5, 5.41) is 9.57. The molecular weight excluding hydrogens is 212 g/mol. The molecule has 1 saturated heterocycles. The fraction of sp³-hybridized carbons (Fsp3) is 0.444. The van der Waals surface area contributed by atoms with E-state index in [-0.39, 0.29) is 6.03 Å². The summed E-state index contributed by atoms with van der Waals surface area (Å²) in [5.74, 6) is 0. The van der Waals surface area contributed by atoms with Crippen LogP contribution in [0.15, 0.2) is 12.7 Å². The predicted molar refractivity (Wildman–Crippen MR) is 59.2 cm³/mol. The number of hydrogen-bond acceptors (Lipinski definition) is 4. The van der Waals surface area contributed by atoms with Crippen molar-refractivity contribution in [3.05, 3.63) is 17.7 Å². The molecule has 1 aromatic rings. The number of nitrogens with zero attached hydrogens (tertiary/aromatic N) is 4. The summed E-state index contributed by atoms with van der Waals surface area (Å²) in [6.07, 6.45) is 2.48. The van der Waals surface area contributed by atoms with Crippen LogP contribution in [0.3, 0.4) is 0 Å². The van der Waals surface area contributed by atoms with Crippen LogP contribution in [0.2, 0.25) is 0 Å². The zero-order chi connectivity index (χ0) is 10.8. The van der Waals surface area contributed by atoms with E-state index in [1.807, 2.05) is 0 Å². The van der Waals surface area contributed by atoms with Crippen molar-refractivity contribution in [1.82, 2.24) is 15.1 Å². The average Bonchev–Trinajstić information content (AvgIpc) is 2.77. The summed E-state index contributed by atoms with van der Waals surface area (Å²) >= 11 is 1.45. The van der Waals surface area contributed by atoms with Gasteiger partial charge in [-0.15, -0.1) is 16.8 Å². The normalized spacial score (nSPS) is 16.2.